The monoisotopic (exact) mass is 385 g/mol. The van der Waals surface area contributed by atoms with Gasteiger partial charge in [0.25, 0.3) is 0 Å². The van der Waals surface area contributed by atoms with E-state index in [1.807, 2.05) is 4.57 Å². The molecule has 0 aliphatic heterocycles. The van der Waals surface area contributed by atoms with Crippen molar-refractivity contribution in [2.45, 2.75) is 47.8 Å². The van der Waals surface area contributed by atoms with Crippen molar-refractivity contribution in [3.8, 4) is 0 Å². The standard InChI is InChI=1S/C16H28N5O4P/c1-6-24-26(22,25-7-2)11-23-8-12-20-13-14(17)18-10-19-15(13)21(12)9-16(3,4)5/h10H,6-9,11H2,1-5H3,(H2,17,18,19). The molecule has 0 amide bonds. The summed E-state index contributed by atoms with van der Waals surface area (Å²) in [5, 5.41) is 0. The van der Waals surface area contributed by atoms with Crippen LogP contribution in [0.3, 0.4) is 0 Å². The van der Waals surface area contributed by atoms with E-state index >= 15 is 0 Å². The van der Waals surface area contributed by atoms with E-state index < -0.39 is 7.60 Å². The highest BCUT2D eigenvalue weighted by Gasteiger charge is 2.25. The van der Waals surface area contributed by atoms with Gasteiger partial charge in [-0.3, -0.25) is 4.57 Å². The molecule has 2 rings (SSSR count). The molecule has 2 aromatic rings. The second-order valence-corrected chi connectivity index (χ2v) is 9.03. The van der Waals surface area contributed by atoms with Crippen molar-refractivity contribution in [3.63, 3.8) is 0 Å². The Morgan fingerprint density at radius 1 is 1.19 bits per heavy atom. The smallest absolute Gasteiger partial charge is 0.356 e. The first-order valence-corrected chi connectivity index (χ1v) is 10.3. The van der Waals surface area contributed by atoms with Crippen LogP contribution in [-0.2, 0) is 31.5 Å². The van der Waals surface area contributed by atoms with Crippen LogP contribution < -0.4 is 5.73 Å². The number of anilines is 1. The summed E-state index contributed by atoms with van der Waals surface area (Å²) >= 11 is 0. The van der Waals surface area contributed by atoms with Crippen LogP contribution in [0.15, 0.2) is 6.33 Å². The summed E-state index contributed by atoms with van der Waals surface area (Å²) in [6.07, 6.45) is 1.27. The first-order chi connectivity index (χ1) is 12.2. The van der Waals surface area contributed by atoms with Crippen molar-refractivity contribution in [1.82, 2.24) is 19.5 Å². The minimum atomic E-state index is -3.27. The number of fused-ring (bicyclic) bond motifs is 1. The first kappa shape index (κ1) is 20.8. The predicted octanol–water partition coefficient (Wildman–Crippen LogP) is 3.19. The highest BCUT2D eigenvalue weighted by Crippen LogP contribution is 2.48. The van der Waals surface area contributed by atoms with Crippen LogP contribution in [-0.4, -0.2) is 39.1 Å². The lowest BCUT2D eigenvalue weighted by atomic mass is 9.97. The lowest BCUT2D eigenvalue weighted by molar-refractivity contribution is 0.116. The molecule has 2 heterocycles. The van der Waals surface area contributed by atoms with Gasteiger partial charge in [-0.15, -0.1) is 0 Å². The molecule has 0 atom stereocenters. The summed E-state index contributed by atoms with van der Waals surface area (Å²) < 4.78 is 30.6. The van der Waals surface area contributed by atoms with Crippen LogP contribution in [0, 0.1) is 5.41 Å². The summed E-state index contributed by atoms with van der Waals surface area (Å²) in [5.74, 6) is 0.958. The van der Waals surface area contributed by atoms with E-state index in [4.69, 9.17) is 19.5 Å². The van der Waals surface area contributed by atoms with Crippen LogP contribution in [0.2, 0.25) is 0 Å². The molecule has 0 saturated heterocycles. The normalized spacial score (nSPS) is 12.8. The first-order valence-electron chi connectivity index (χ1n) is 8.60. The fourth-order valence-electron chi connectivity index (χ4n) is 2.50. The minimum absolute atomic E-state index is 0.00592. The summed E-state index contributed by atoms with van der Waals surface area (Å²) in [6, 6.07) is 0. The maximum Gasteiger partial charge on any atom is 0.356 e. The number of imidazole rings is 1. The number of hydrogen-bond donors (Lipinski definition) is 1. The number of rotatable bonds is 9. The number of nitrogens with zero attached hydrogens (tertiary/aromatic N) is 4. The number of hydrogen-bond acceptors (Lipinski definition) is 8. The maximum atomic E-state index is 12.5. The molecular formula is C16H28N5O4P. The molecule has 0 unspecified atom stereocenters. The predicted molar refractivity (Wildman–Crippen MR) is 99.7 cm³/mol. The Morgan fingerprint density at radius 2 is 1.85 bits per heavy atom. The van der Waals surface area contributed by atoms with Gasteiger partial charge in [0.1, 0.15) is 25.1 Å². The van der Waals surface area contributed by atoms with E-state index in [0.717, 1.165) is 0 Å². The van der Waals surface area contributed by atoms with Crippen molar-refractivity contribution in [2.75, 3.05) is 25.3 Å². The summed E-state index contributed by atoms with van der Waals surface area (Å²) in [6.45, 7) is 11.3. The molecule has 0 saturated carbocycles. The molecule has 9 nitrogen and oxygen atoms in total. The Labute approximate surface area is 153 Å². The molecule has 2 aromatic heterocycles. The third-order valence-corrected chi connectivity index (χ3v) is 5.21. The van der Waals surface area contributed by atoms with E-state index in [1.165, 1.54) is 6.33 Å². The zero-order chi connectivity index (χ0) is 19.4. The largest absolute Gasteiger partial charge is 0.382 e. The van der Waals surface area contributed by atoms with Crippen molar-refractivity contribution >= 4 is 24.6 Å². The molecule has 10 heteroatoms. The number of aromatic nitrogens is 4. The van der Waals surface area contributed by atoms with Gasteiger partial charge in [-0.1, -0.05) is 20.8 Å². The van der Waals surface area contributed by atoms with Gasteiger partial charge in [0, 0.05) is 6.54 Å². The van der Waals surface area contributed by atoms with Crippen LogP contribution in [0.1, 0.15) is 40.4 Å². The Hall–Kier alpha value is -1.54. The maximum absolute atomic E-state index is 12.5. The fraction of sp³-hybridized carbons (Fsp3) is 0.688. The SMILES string of the molecule is CCOP(=O)(COCc1nc2c(N)ncnc2n1CC(C)(C)C)OCC. The third kappa shape index (κ3) is 5.23. The summed E-state index contributed by atoms with van der Waals surface area (Å²) in [5.41, 5.74) is 7.11. The zero-order valence-electron chi connectivity index (χ0n) is 16.1. The minimum Gasteiger partial charge on any atom is -0.382 e. The lowest BCUT2D eigenvalue weighted by Gasteiger charge is -2.21. The molecule has 0 aliphatic carbocycles. The quantitative estimate of drug-likeness (QED) is 0.655. The molecule has 0 aliphatic rings. The average Bonchev–Trinajstić information content (AvgIpc) is 2.86. The molecule has 0 bridgehead atoms. The van der Waals surface area contributed by atoms with E-state index in [9.17, 15) is 4.57 Å². The zero-order valence-corrected chi connectivity index (χ0v) is 17.0. The molecule has 146 valence electrons. The Morgan fingerprint density at radius 3 is 2.42 bits per heavy atom. The third-order valence-electron chi connectivity index (χ3n) is 3.40. The molecule has 0 fully saturated rings. The lowest BCUT2D eigenvalue weighted by Crippen LogP contribution is -2.18. The Bertz CT molecular complexity index is 777. The number of ether oxygens (including phenoxy) is 1. The number of nitrogen functional groups attached to an aromatic ring is 1. The molecular weight excluding hydrogens is 357 g/mol. The average molecular weight is 385 g/mol. The van der Waals surface area contributed by atoms with Gasteiger partial charge in [-0.05, 0) is 19.3 Å². The molecule has 0 aromatic carbocycles. The highest BCUT2D eigenvalue weighted by atomic mass is 31.2. The molecule has 0 spiro atoms. The van der Waals surface area contributed by atoms with Gasteiger partial charge in [-0.2, -0.15) is 0 Å². The van der Waals surface area contributed by atoms with Gasteiger partial charge in [0.15, 0.2) is 17.0 Å². The topological polar surface area (TPSA) is 114 Å². The van der Waals surface area contributed by atoms with Gasteiger partial charge in [0.05, 0.1) is 13.2 Å². The summed E-state index contributed by atoms with van der Waals surface area (Å²) in [7, 11) is -3.27. The van der Waals surface area contributed by atoms with Crippen LogP contribution in [0.5, 0.6) is 0 Å². The summed E-state index contributed by atoms with van der Waals surface area (Å²) in [4.78, 5) is 12.8. The Kier molecular flexibility index (Phi) is 6.74. The Balaban J connectivity index is 2.24. The second-order valence-electron chi connectivity index (χ2n) is 7.03. The highest BCUT2D eigenvalue weighted by molar-refractivity contribution is 7.53. The van der Waals surface area contributed by atoms with Crippen molar-refractivity contribution in [1.29, 1.82) is 0 Å². The van der Waals surface area contributed by atoms with Crippen molar-refractivity contribution < 1.29 is 18.3 Å². The molecule has 0 radical (unpaired) electrons. The number of nitrogens with two attached hydrogens (primary N) is 1. The second kappa shape index (κ2) is 8.43. The fourth-order valence-corrected chi connectivity index (χ4v) is 3.83. The van der Waals surface area contributed by atoms with Crippen molar-refractivity contribution in [2.24, 2.45) is 5.41 Å². The molecule has 26 heavy (non-hydrogen) atoms. The van der Waals surface area contributed by atoms with Gasteiger partial charge < -0.3 is 24.1 Å². The van der Waals surface area contributed by atoms with Crippen molar-refractivity contribution in [3.05, 3.63) is 12.2 Å². The van der Waals surface area contributed by atoms with E-state index in [2.05, 4.69) is 35.7 Å². The van der Waals surface area contributed by atoms with Gasteiger partial charge in [-0.25, -0.2) is 15.0 Å². The van der Waals surface area contributed by atoms with E-state index in [0.29, 0.717) is 29.4 Å². The van der Waals surface area contributed by atoms with Gasteiger partial charge in [0.2, 0.25) is 0 Å². The van der Waals surface area contributed by atoms with Crippen LogP contribution in [0.4, 0.5) is 5.82 Å². The van der Waals surface area contributed by atoms with E-state index in [-0.39, 0.29) is 31.6 Å². The van der Waals surface area contributed by atoms with Crippen LogP contribution in [0.25, 0.3) is 11.2 Å². The van der Waals surface area contributed by atoms with Gasteiger partial charge >= 0.3 is 7.60 Å². The van der Waals surface area contributed by atoms with E-state index in [1.54, 1.807) is 13.8 Å². The molecule has 2 N–H and O–H groups in total. The van der Waals surface area contributed by atoms with Crippen LogP contribution >= 0.6 is 7.60 Å².